The van der Waals surface area contributed by atoms with Crippen molar-refractivity contribution in [3.8, 4) is 0 Å². The summed E-state index contributed by atoms with van der Waals surface area (Å²) in [4.78, 5) is 11.6. The standard InChI is InChI=1S/C15H31BrO5Si/c1-6-19-22(20-7-2,21-8-3)13-11-9-10-12-18-14(17)15(4,5)16/h6-13H2,1-5H3. The minimum Gasteiger partial charge on any atom is -0.465 e. The molecule has 132 valence electrons. The molecule has 22 heavy (non-hydrogen) atoms. The summed E-state index contributed by atoms with van der Waals surface area (Å²) in [7, 11) is -2.52. The smallest absolute Gasteiger partial charge is 0.465 e. The number of carbonyl (C=O) groups excluding carboxylic acids is 1. The van der Waals surface area contributed by atoms with Gasteiger partial charge in [-0.2, -0.15) is 0 Å². The summed E-state index contributed by atoms with van der Waals surface area (Å²) < 4.78 is 22.0. The highest BCUT2D eigenvalue weighted by atomic mass is 79.9. The van der Waals surface area contributed by atoms with Gasteiger partial charge in [0.1, 0.15) is 4.32 Å². The first-order valence-electron chi connectivity index (χ1n) is 8.09. The molecule has 0 rings (SSSR count). The third-order valence-electron chi connectivity index (χ3n) is 2.94. The summed E-state index contributed by atoms with van der Waals surface area (Å²) in [5, 5.41) is 0. The van der Waals surface area contributed by atoms with E-state index in [0.717, 1.165) is 25.3 Å². The van der Waals surface area contributed by atoms with E-state index in [9.17, 15) is 4.79 Å². The number of alkyl halides is 1. The quantitative estimate of drug-likeness (QED) is 0.203. The summed E-state index contributed by atoms with van der Waals surface area (Å²) >= 11 is 3.29. The number of unbranched alkanes of at least 4 members (excludes halogenated alkanes) is 2. The Morgan fingerprint density at radius 1 is 0.955 bits per heavy atom. The zero-order valence-corrected chi connectivity index (χ0v) is 17.2. The van der Waals surface area contributed by atoms with Crippen LogP contribution in [0.4, 0.5) is 0 Å². The molecule has 0 amide bonds. The third-order valence-corrected chi connectivity index (χ3v) is 6.41. The van der Waals surface area contributed by atoms with Gasteiger partial charge in [0.05, 0.1) is 6.61 Å². The molecule has 0 aromatic rings. The second-order valence-electron chi connectivity index (χ2n) is 5.40. The Hall–Kier alpha value is 0.0469. The fourth-order valence-electron chi connectivity index (χ4n) is 1.96. The van der Waals surface area contributed by atoms with E-state index in [2.05, 4.69) is 15.9 Å². The predicted molar refractivity (Wildman–Crippen MR) is 93.3 cm³/mol. The molecule has 0 radical (unpaired) electrons. The van der Waals surface area contributed by atoms with Crippen molar-refractivity contribution in [2.24, 2.45) is 0 Å². The van der Waals surface area contributed by atoms with E-state index in [-0.39, 0.29) is 5.97 Å². The zero-order valence-electron chi connectivity index (χ0n) is 14.6. The molecule has 0 fully saturated rings. The van der Waals surface area contributed by atoms with Crippen molar-refractivity contribution in [1.82, 2.24) is 0 Å². The highest BCUT2D eigenvalue weighted by Gasteiger charge is 2.39. The van der Waals surface area contributed by atoms with Crippen LogP contribution in [0.15, 0.2) is 0 Å². The minimum atomic E-state index is -2.52. The molecule has 0 aromatic heterocycles. The van der Waals surface area contributed by atoms with Crippen LogP contribution in [-0.4, -0.2) is 45.5 Å². The average Bonchev–Trinajstić information content (AvgIpc) is 2.42. The van der Waals surface area contributed by atoms with Crippen molar-refractivity contribution in [2.75, 3.05) is 26.4 Å². The first kappa shape index (κ1) is 22.0. The molecule has 0 aliphatic heterocycles. The first-order valence-corrected chi connectivity index (χ1v) is 10.8. The van der Waals surface area contributed by atoms with Crippen LogP contribution in [-0.2, 0) is 22.8 Å². The number of hydrogen-bond acceptors (Lipinski definition) is 5. The van der Waals surface area contributed by atoms with Crippen LogP contribution in [0.1, 0.15) is 53.9 Å². The molecule has 0 N–H and O–H groups in total. The Balaban J connectivity index is 4.05. The lowest BCUT2D eigenvalue weighted by atomic mass is 10.2. The highest BCUT2D eigenvalue weighted by Crippen LogP contribution is 2.20. The Labute approximate surface area is 144 Å². The molecule has 0 aromatic carbocycles. The number of esters is 1. The van der Waals surface area contributed by atoms with Gasteiger partial charge in [-0.05, 0) is 47.5 Å². The van der Waals surface area contributed by atoms with Gasteiger partial charge in [0.2, 0.25) is 0 Å². The van der Waals surface area contributed by atoms with Crippen LogP contribution in [0.2, 0.25) is 6.04 Å². The molecule has 0 heterocycles. The molecule has 0 saturated carbocycles. The molecule has 0 aliphatic rings. The number of ether oxygens (including phenoxy) is 1. The fourth-order valence-corrected chi connectivity index (χ4v) is 4.76. The Kier molecular flexibility index (Phi) is 11.6. The number of hydrogen-bond donors (Lipinski definition) is 0. The summed E-state index contributed by atoms with van der Waals surface area (Å²) in [6.07, 6.45) is 2.74. The van der Waals surface area contributed by atoms with Gasteiger partial charge in [0.15, 0.2) is 0 Å². The van der Waals surface area contributed by atoms with Crippen LogP contribution in [0.3, 0.4) is 0 Å². The molecule has 0 spiro atoms. The van der Waals surface area contributed by atoms with E-state index in [1.165, 1.54) is 0 Å². The Morgan fingerprint density at radius 2 is 1.45 bits per heavy atom. The van der Waals surface area contributed by atoms with Crippen molar-refractivity contribution in [3.05, 3.63) is 0 Å². The molecule has 7 heteroatoms. The monoisotopic (exact) mass is 398 g/mol. The van der Waals surface area contributed by atoms with Crippen molar-refractivity contribution >= 4 is 30.7 Å². The van der Waals surface area contributed by atoms with E-state index < -0.39 is 13.1 Å². The minimum absolute atomic E-state index is 0.228. The molecule has 0 saturated heterocycles. The molecular weight excluding hydrogens is 368 g/mol. The summed E-state index contributed by atoms with van der Waals surface area (Å²) in [6.45, 7) is 11.7. The van der Waals surface area contributed by atoms with E-state index in [1.54, 1.807) is 13.8 Å². The van der Waals surface area contributed by atoms with Gasteiger partial charge < -0.3 is 18.0 Å². The maximum atomic E-state index is 11.6. The summed E-state index contributed by atoms with van der Waals surface area (Å²) in [6, 6.07) is 0.806. The molecule has 0 atom stereocenters. The molecule has 5 nitrogen and oxygen atoms in total. The zero-order chi connectivity index (χ0) is 17.1. The fraction of sp³-hybridized carbons (Fsp3) is 0.933. The molecule has 0 aliphatic carbocycles. The highest BCUT2D eigenvalue weighted by molar-refractivity contribution is 9.10. The van der Waals surface area contributed by atoms with E-state index in [0.29, 0.717) is 26.4 Å². The Bertz CT molecular complexity index is 290. The van der Waals surface area contributed by atoms with Gasteiger partial charge >= 0.3 is 14.8 Å². The molecule has 0 bridgehead atoms. The lowest BCUT2D eigenvalue weighted by Crippen LogP contribution is -2.45. The molecule has 0 unspecified atom stereocenters. The largest absolute Gasteiger partial charge is 0.500 e. The van der Waals surface area contributed by atoms with Crippen LogP contribution < -0.4 is 0 Å². The lowest BCUT2D eigenvalue weighted by Gasteiger charge is -2.28. The van der Waals surface area contributed by atoms with Crippen molar-refractivity contribution < 1.29 is 22.8 Å². The lowest BCUT2D eigenvalue weighted by molar-refractivity contribution is -0.145. The van der Waals surface area contributed by atoms with Crippen molar-refractivity contribution in [1.29, 1.82) is 0 Å². The van der Waals surface area contributed by atoms with E-state index >= 15 is 0 Å². The predicted octanol–water partition coefficient (Wildman–Crippen LogP) is 3.92. The van der Waals surface area contributed by atoms with Gasteiger partial charge in [0.25, 0.3) is 0 Å². The summed E-state index contributed by atoms with van der Waals surface area (Å²) in [5.41, 5.74) is 0. The Morgan fingerprint density at radius 3 is 1.86 bits per heavy atom. The van der Waals surface area contributed by atoms with Crippen molar-refractivity contribution in [3.63, 3.8) is 0 Å². The number of rotatable bonds is 13. The van der Waals surface area contributed by atoms with Crippen molar-refractivity contribution in [2.45, 2.75) is 64.2 Å². The van der Waals surface area contributed by atoms with Crippen LogP contribution in [0, 0.1) is 0 Å². The summed E-state index contributed by atoms with van der Waals surface area (Å²) in [5.74, 6) is -0.228. The van der Waals surface area contributed by atoms with Gasteiger partial charge in [-0.3, -0.25) is 4.79 Å². The number of carbonyl (C=O) groups is 1. The van der Waals surface area contributed by atoms with Crippen LogP contribution >= 0.6 is 15.9 Å². The third kappa shape index (κ3) is 9.25. The van der Waals surface area contributed by atoms with Gasteiger partial charge in [-0.1, -0.05) is 22.4 Å². The molecular formula is C15H31BrO5Si. The first-order chi connectivity index (χ1) is 10.3. The van der Waals surface area contributed by atoms with E-state index in [1.807, 2.05) is 20.8 Å². The van der Waals surface area contributed by atoms with Crippen LogP contribution in [0.5, 0.6) is 0 Å². The topological polar surface area (TPSA) is 54.0 Å². The maximum absolute atomic E-state index is 11.6. The number of halogens is 1. The normalized spacial score (nSPS) is 12.5. The van der Waals surface area contributed by atoms with Gasteiger partial charge in [0, 0.05) is 25.9 Å². The maximum Gasteiger partial charge on any atom is 0.500 e. The van der Waals surface area contributed by atoms with Crippen LogP contribution in [0.25, 0.3) is 0 Å². The van der Waals surface area contributed by atoms with Gasteiger partial charge in [-0.15, -0.1) is 0 Å². The van der Waals surface area contributed by atoms with Gasteiger partial charge in [-0.25, -0.2) is 0 Å². The second kappa shape index (κ2) is 11.6. The van der Waals surface area contributed by atoms with E-state index in [4.69, 9.17) is 18.0 Å². The second-order valence-corrected chi connectivity index (χ2v) is 10.1. The SMILES string of the molecule is CCO[Si](CCCCCOC(=O)C(C)(C)Br)(OCC)OCC. The average molecular weight is 399 g/mol.